The van der Waals surface area contributed by atoms with Gasteiger partial charge in [0.1, 0.15) is 0 Å². The molecule has 0 aromatic carbocycles. The monoisotopic (exact) mass is 311 g/mol. The van der Waals surface area contributed by atoms with Gasteiger partial charge in [0, 0.05) is 6.54 Å². The van der Waals surface area contributed by atoms with Gasteiger partial charge < -0.3 is 10.3 Å². The van der Waals surface area contributed by atoms with Crippen molar-refractivity contribution < 1.29 is 17.7 Å². The summed E-state index contributed by atoms with van der Waals surface area (Å²) in [6, 6.07) is 0. The van der Waals surface area contributed by atoms with Crippen LogP contribution in [-0.2, 0) is 23.0 Å². The third-order valence-electron chi connectivity index (χ3n) is 3.31. The van der Waals surface area contributed by atoms with E-state index < -0.39 is 15.9 Å². The average Bonchev–Trinajstić information content (AvgIpc) is 3.03. The summed E-state index contributed by atoms with van der Waals surface area (Å²) >= 11 is 0. The molecule has 1 aliphatic heterocycles. The fourth-order valence-electron chi connectivity index (χ4n) is 2.39. The summed E-state index contributed by atoms with van der Waals surface area (Å²) in [7, 11) is -4.14. The zero-order valence-electron chi connectivity index (χ0n) is 11.2. The number of sulfonamides is 1. The summed E-state index contributed by atoms with van der Waals surface area (Å²) in [5, 5.41) is 7.42. The number of carbonyl (C=O) groups is 1. The van der Waals surface area contributed by atoms with Crippen LogP contribution in [0.3, 0.4) is 0 Å². The third-order valence-corrected chi connectivity index (χ3v) is 4.79. The van der Waals surface area contributed by atoms with Crippen LogP contribution in [-0.4, -0.2) is 29.3 Å². The van der Waals surface area contributed by atoms with Crippen molar-refractivity contribution in [2.75, 3.05) is 5.73 Å². The first-order valence-corrected chi connectivity index (χ1v) is 7.72. The molecule has 0 bridgehead atoms. The molecular formula is C11H13N5O4S. The molecule has 3 rings (SSSR count). The van der Waals surface area contributed by atoms with E-state index in [4.69, 9.17) is 10.3 Å². The van der Waals surface area contributed by atoms with Crippen molar-refractivity contribution >= 4 is 21.7 Å². The van der Waals surface area contributed by atoms with Crippen LogP contribution in [0, 0.1) is 6.92 Å². The number of nitrogens with zero attached hydrogens (tertiary/aromatic N) is 3. The van der Waals surface area contributed by atoms with Crippen LogP contribution in [0.4, 0.5) is 5.82 Å². The topological polar surface area (TPSA) is 133 Å². The number of aryl methyl sites for hydroxylation is 2. The highest BCUT2D eigenvalue weighted by Crippen LogP contribution is 2.22. The van der Waals surface area contributed by atoms with Crippen molar-refractivity contribution in [3.8, 4) is 0 Å². The van der Waals surface area contributed by atoms with Crippen molar-refractivity contribution in [1.29, 1.82) is 0 Å². The van der Waals surface area contributed by atoms with Gasteiger partial charge in [-0.05, 0) is 19.8 Å². The number of anilines is 1. The smallest absolute Gasteiger partial charge is 0.271 e. The lowest BCUT2D eigenvalue weighted by Gasteiger charge is -2.05. The van der Waals surface area contributed by atoms with Crippen LogP contribution in [0.2, 0.25) is 0 Å². The maximum Gasteiger partial charge on any atom is 0.271 e. The molecule has 0 saturated carbocycles. The molecule has 112 valence electrons. The standard InChI is InChI=1S/C11H13N5O4S/c1-6-9(10(12)14-20-6)21(18,19)15-11(17)7-5-13-16-4-2-3-8(7)16/h5H,2-4H2,1H3,(H2,12,14)(H,15,17). The Hall–Kier alpha value is -2.36. The number of nitrogen functional groups attached to an aromatic ring is 1. The van der Waals surface area contributed by atoms with Crippen LogP contribution < -0.4 is 10.5 Å². The second-order valence-corrected chi connectivity index (χ2v) is 6.34. The van der Waals surface area contributed by atoms with Gasteiger partial charge in [0.05, 0.1) is 17.5 Å². The van der Waals surface area contributed by atoms with Gasteiger partial charge in [0.15, 0.2) is 16.5 Å². The molecule has 3 heterocycles. The van der Waals surface area contributed by atoms with E-state index >= 15 is 0 Å². The summed E-state index contributed by atoms with van der Waals surface area (Å²) in [4.78, 5) is 11.8. The summed E-state index contributed by atoms with van der Waals surface area (Å²) < 4.78 is 32.8. The van der Waals surface area contributed by atoms with Gasteiger partial charge in [0.2, 0.25) is 0 Å². The second-order valence-electron chi connectivity index (χ2n) is 4.72. The van der Waals surface area contributed by atoms with Gasteiger partial charge in [0.25, 0.3) is 15.9 Å². The molecule has 10 heteroatoms. The SMILES string of the molecule is Cc1onc(N)c1S(=O)(=O)NC(=O)c1cnn2c1CCC2. The van der Waals surface area contributed by atoms with Gasteiger partial charge in [-0.2, -0.15) is 5.10 Å². The van der Waals surface area contributed by atoms with Crippen LogP contribution in [0.5, 0.6) is 0 Å². The van der Waals surface area contributed by atoms with Crippen LogP contribution >= 0.6 is 0 Å². The Balaban J connectivity index is 1.91. The van der Waals surface area contributed by atoms with Gasteiger partial charge in [-0.1, -0.05) is 5.16 Å². The van der Waals surface area contributed by atoms with Crippen LogP contribution in [0.1, 0.15) is 28.2 Å². The minimum absolute atomic E-state index is 0.0213. The lowest BCUT2D eigenvalue weighted by atomic mass is 10.2. The van der Waals surface area contributed by atoms with E-state index in [0.29, 0.717) is 6.42 Å². The minimum atomic E-state index is -4.14. The van der Waals surface area contributed by atoms with E-state index in [0.717, 1.165) is 18.7 Å². The molecule has 0 unspecified atom stereocenters. The maximum atomic E-state index is 12.2. The minimum Gasteiger partial charge on any atom is -0.380 e. The van der Waals surface area contributed by atoms with Crippen molar-refractivity contribution in [2.45, 2.75) is 31.2 Å². The Labute approximate surface area is 120 Å². The number of hydrogen-bond donors (Lipinski definition) is 2. The highest BCUT2D eigenvalue weighted by Gasteiger charge is 2.29. The Morgan fingerprint density at radius 3 is 2.95 bits per heavy atom. The van der Waals surface area contributed by atoms with E-state index in [1.54, 1.807) is 4.68 Å². The van der Waals surface area contributed by atoms with Crippen molar-refractivity contribution in [3.63, 3.8) is 0 Å². The second kappa shape index (κ2) is 4.58. The molecule has 2 aromatic rings. The van der Waals surface area contributed by atoms with Gasteiger partial charge >= 0.3 is 0 Å². The van der Waals surface area contributed by atoms with Crippen molar-refractivity contribution in [3.05, 3.63) is 23.2 Å². The van der Waals surface area contributed by atoms with Gasteiger partial charge in [-0.15, -0.1) is 0 Å². The number of nitrogens with two attached hydrogens (primary N) is 1. The number of amides is 1. The molecule has 1 aliphatic rings. The third kappa shape index (κ3) is 2.17. The quantitative estimate of drug-likeness (QED) is 0.803. The molecule has 0 aliphatic carbocycles. The Bertz CT molecular complexity index is 800. The molecule has 0 saturated heterocycles. The average molecular weight is 311 g/mol. The fraction of sp³-hybridized carbons (Fsp3) is 0.364. The summed E-state index contributed by atoms with van der Waals surface area (Å²) in [6.07, 6.45) is 2.94. The number of carbonyl (C=O) groups excluding carboxylic acids is 1. The Morgan fingerprint density at radius 1 is 1.52 bits per heavy atom. The highest BCUT2D eigenvalue weighted by molar-refractivity contribution is 7.90. The summed E-state index contributed by atoms with van der Waals surface area (Å²) in [5.41, 5.74) is 6.45. The fourth-order valence-corrected chi connectivity index (χ4v) is 3.57. The molecule has 0 spiro atoms. The first-order valence-electron chi connectivity index (χ1n) is 6.23. The molecule has 1 amide bonds. The number of rotatable bonds is 3. The zero-order chi connectivity index (χ0) is 15.2. The van der Waals surface area contributed by atoms with E-state index in [9.17, 15) is 13.2 Å². The summed E-state index contributed by atoms with van der Waals surface area (Å²) in [5.74, 6) is -1.00. The van der Waals surface area contributed by atoms with Gasteiger partial charge in [-0.25, -0.2) is 13.1 Å². The molecule has 2 aromatic heterocycles. The predicted octanol–water partition coefficient (Wildman–Crippen LogP) is -0.173. The van der Waals surface area contributed by atoms with E-state index in [1.807, 2.05) is 4.72 Å². The summed E-state index contributed by atoms with van der Waals surface area (Å²) in [6.45, 7) is 2.13. The molecule has 3 N–H and O–H groups in total. The maximum absolute atomic E-state index is 12.2. The lowest BCUT2D eigenvalue weighted by Crippen LogP contribution is -2.31. The van der Waals surface area contributed by atoms with E-state index in [2.05, 4.69) is 10.3 Å². The van der Waals surface area contributed by atoms with Crippen molar-refractivity contribution in [2.24, 2.45) is 0 Å². The Kier molecular flexibility index (Phi) is 2.97. The molecule has 0 fully saturated rings. The molecule has 0 atom stereocenters. The van der Waals surface area contributed by atoms with Crippen LogP contribution in [0.15, 0.2) is 15.6 Å². The number of hydrogen-bond acceptors (Lipinski definition) is 7. The van der Waals surface area contributed by atoms with E-state index in [-0.39, 0.29) is 22.0 Å². The van der Waals surface area contributed by atoms with Gasteiger partial charge in [-0.3, -0.25) is 9.48 Å². The molecule has 0 radical (unpaired) electrons. The number of fused-ring (bicyclic) bond motifs is 1. The molecule has 21 heavy (non-hydrogen) atoms. The normalized spacial score (nSPS) is 14.1. The highest BCUT2D eigenvalue weighted by atomic mass is 32.2. The number of aromatic nitrogens is 3. The van der Waals surface area contributed by atoms with E-state index in [1.165, 1.54) is 13.1 Å². The molecule has 9 nitrogen and oxygen atoms in total. The van der Waals surface area contributed by atoms with Crippen molar-refractivity contribution in [1.82, 2.24) is 19.7 Å². The lowest BCUT2D eigenvalue weighted by molar-refractivity contribution is 0.0980. The zero-order valence-corrected chi connectivity index (χ0v) is 12.0. The number of nitrogens with one attached hydrogen (secondary N) is 1. The predicted molar refractivity (Wildman–Crippen MR) is 70.9 cm³/mol. The first kappa shape index (κ1) is 13.6. The first-order chi connectivity index (χ1) is 9.90. The van der Waals surface area contributed by atoms with Crippen LogP contribution in [0.25, 0.3) is 0 Å². The Morgan fingerprint density at radius 2 is 2.29 bits per heavy atom. The molecular weight excluding hydrogens is 298 g/mol. The largest absolute Gasteiger partial charge is 0.380 e.